The third kappa shape index (κ3) is 5.31. The quantitative estimate of drug-likeness (QED) is 0.619. The molecule has 2 aliphatic rings. The Bertz CT molecular complexity index is 1120. The zero-order valence-corrected chi connectivity index (χ0v) is 20.7. The zero-order valence-electron chi connectivity index (χ0n) is 20.7. The number of carbonyl (C=O) groups excluding carboxylic acids is 1. The summed E-state index contributed by atoms with van der Waals surface area (Å²) in [5.74, 6) is 1.92. The van der Waals surface area contributed by atoms with Crippen molar-refractivity contribution in [3.63, 3.8) is 0 Å². The number of rotatable bonds is 5. The number of piperazine rings is 1. The Kier molecular flexibility index (Phi) is 7.33. The normalized spacial score (nSPS) is 16.6. The molecule has 0 bridgehead atoms. The van der Waals surface area contributed by atoms with Gasteiger partial charge in [-0.15, -0.1) is 0 Å². The molecule has 1 saturated heterocycles. The van der Waals surface area contributed by atoms with Gasteiger partial charge in [-0.25, -0.2) is 9.97 Å². The fourth-order valence-electron chi connectivity index (χ4n) is 4.01. The summed E-state index contributed by atoms with van der Waals surface area (Å²) in [7, 11) is 9.50. The van der Waals surface area contributed by atoms with E-state index in [1.165, 1.54) is 26.2 Å². The molecule has 1 amide bonds. The van der Waals surface area contributed by atoms with E-state index in [4.69, 9.17) is 9.47 Å². The molecule has 3 aromatic heterocycles. The summed E-state index contributed by atoms with van der Waals surface area (Å²) in [5.41, 5.74) is 2.62. The Morgan fingerprint density at radius 2 is 1.68 bits per heavy atom. The van der Waals surface area contributed by atoms with Crippen molar-refractivity contribution in [3.05, 3.63) is 30.6 Å². The van der Waals surface area contributed by atoms with Crippen LogP contribution < -0.4 is 14.8 Å². The second-order valence-electron chi connectivity index (χ2n) is 8.98. The van der Waals surface area contributed by atoms with E-state index in [9.17, 15) is 4.79 Å². The van der Waals surface area contributed by atoms with E-state index in [-0.39, 0.29) is 11.8 Å². The summed E-state index contributed by atoms with van der Waals surface area (Å²) in [5, 5.41) is 3.86. The molecular weight excluding hydrogens is 432 g/mol. The summed E-state index contributed by atoms with van der Waals surface area (Å²) < 4.78 is 12.9. The molecule has 1 saturated carbocycles. The Balaban J connectivity index is 0.000000291. The van der Waals surface area contributed by atoms with Crippen LogP contribution in [0.15, 0.2) is 30.6 Å². The number of aryl methyl sites for hydroxylation is 1. The second-order valence-corrected chi connectivity index (χ2v) is 8.98. The van der Waals surface area contributed by atoms with Gasteiger partial charge in [0.2, 0.25) is 11.8 Å². The molecule has 1 N–H and O–H groups in total. The lowest BCUT2D eigenvalue weighted by Crippen LogP contribution is -2.42. The van der Waals surface area contributed by atoms with Gasteiger partial charge in [-0.2, -0.15) is 0 Å². The maximum absolute atomic E-state index is 12.0. The van der Waals surface area contributed by atoms with E-state index in [1.54, 1.807) is 32.7 Å². The number of nitrogens with zero attached hydrogens (tertiary/aromatic N) is 5. The molecular formula is C25H34N6O3. The van der Waals surface area contributed by atoms with Gasteiger partial charge in [0.1, 0.15) is 17.1 Å². The summed E-state index contributed by atoms with van der Waals surface area (Å²) in [6.07, 6.45) is 5.34. The van der Waals surface area contributed by atoms with Gasteiger partial charge in [-0.1, -0.05) is 0 Å². The number of hydrogen-bond acceptors (Lipinski definition) is 7. The molecule has 0 atom stereocenters. The van der Waals surface area contributed by atoms with Gasteiger partial charge < -0.3 is 29.2 Å². The second kappa shape index (κ2) is 10.4. The van der Waals surface area contributed by atoms with Crippen molar-refractivity contribution in [1.82, 2.24) is 24.3 Å². The fourth-order valence-corrected chi connectivity index (χ4v) is 4.01. The van der Waals surface area contributed by atoms with Crippen LogP contribution in [0.2, 0.25) is 0 Å². The Morgan fingerprint density at radius 1 is 1.00 bits per heavy atom. The summed E-state index contributed by atoms with van der Waals surface area (Å²) in [4.78, 5) is 25.4. The molecule has 0 radical (unpaired) electrons. The highest BCUT2D eigenvalue weighted by Gasteiger charge is 2.30. The Morgan fingerprint density at radius 3 is 2.26 bits per heavy atom. The monoisotopic (exact) mass is 466 g/mol. The highest BCUT2D eigenvalue weighted by Crippen LogP contribution is 2.39. The first kappa shape index (κ1) is 24.0. The molecule has 1 aliphatic carbocycles. The molecule has 9 heteroatoms. The van der Waals surface area contributed by atoms with Gasteiger partial charge in [0.15, 0.2) is 0 Å². The lowest BCUT2D eigenvalue weighted by atomic mass is 10.1. The standard InChI is InChI=1S/C19H20N4O3.C6H14N2/c1-23-13(17-15(25-2)6-7-20-19(17)26-3)8-12-9-16(21-10-14(12)23)22-18(24)11-4-5-11;1-7-3-5-8(2)6-4-7/h6-11H,4-5H2,1-3H3,(H,21,22,24);3-6H2,1-2H3. The van der Waals surface area contributed by atoms with Crippen molar-refractivity contribution in [1.29, 1.82) is 0 Å². The van der Waals surface area contributed by atoms with Gasteiger partial charge in [0.25, 0.3) is 0 Å². The average molecular weight is 467 g/mol. The zero-order chi connectivity index (χ0) is 24.2. The van der Waals surface area contributed by atoms with Gasteiger partial charge in [-0.3, -0.25) is 4.79 Å². The van der Waals surface area contributed by atoms with Crippen LogP contribution in [0, 0.1) is 5.92 Å². The van der Waals surface area contributed by atoms with Crippen molar-refractivity contribution in [2.45, 2.75) is 12.8 Å². The lowest BCUT2D eigenvalue weighted by molar-refractivity contribution is -0.117. The molecule has 34 heavy (non-hydrogen) atoms. The van der Waals surface area contributed by atoms with Crippen LogP contribution in [0.1, 0.15) is 12.8 Å². The van der Waals surface area contributed by atoms with Crippen LogP contribution in [0.25, 0.3) is 22.2 Å². The highest BCUT2D eigenvalue weighted by molar-refractivity contribution is 5.96. The minimum absolute atomic E-state index is 0.0450. The summed E-state index contributed by atoms with van der Waals surface area (Å²) in [6, 6.07) is 5.70. The number of methoxy groups -OCH3 is 2. The van der Waals surface area contributed by atoms with Crippen molar-refractivity contribution < 1.29 is 14.3 Å². The number of fused-ring (bicyclic) bond motifs is 1. The van der Waals surface area contributed by atoms with Crippen LogP contribution in [-0.4, -0.2) is 84.7 Å². The first-order valence-electron chi connectivity index (χ1n) is 11.6. The molecule has 0 unspecified atom stereocenters. The van der Waals surface area contributed by atoms with Crippen molar-refractivity contribution in [3.8, 4) is 22.9 Å². The van der Waals surface area contributed by atoms with Crippen LogP contribution in [0.3, 0.4) is 0 Å². The number of pyridine rings is 2. The number of ether oxygens (including phenoxy) is 2. The maximum Gasteiger partial charge on any atom is 0.228 e. The van der Waals surface area contributed by atoms with Gasteiger partial charge in [0.05, 0.1) is 31.6 Å². The Hall–Kier alpha value is -3.17. The molecule has 3 aromatic rings. The van der Waals surface area contributed by atoms with Crippen molar-refractivity contribution in [2.75, 3.05) is 59.8 Å². The van der Waals surface area contributed by atoms with E-state index in [1.807, 2.05) is 23.7 Å². The van der Waals surface area contributed by atoms with E-state index >= 15 is 0 Å². The van der Waals surface area contributed by atoms with Gasteiger partial charge in [-0.05, 0) is 45.1 Å². The van der Waals surface area contributed by atoms with E-state index in [0.29, 0.717) is 17.4 Å². The molecule has 182 valence electrons. The third-order valence-electron chi connectivity index (χ3n) is 6.40. The summed E-state index contributed by atoms with van der Waals surface area (Å²) >= 11 is 0. The minimum atomic E-state index is 0.0450. The van der Waals surface area contributed by atoms with Crippen LogP contribution in [-0.2, 0) is 11.8 Å². The number of anilines is 1. The Labute approximate surface area is 200 Å². The number of nitrogens with one attached hydrogen (secondary N) is 1. The number of hydrogen-bond donors (Lipinski definition) is 1. The predicted molar refractivity (Wildman–Crippen MR) is 133 cm³/mol. The molecule has 9 nitrogen and oxygen atoms in total. The summed E-state index contributed by atoms with van der Waals surface area (Å²) in [6.45, 7) is 4.93. The minimum Gasteiger partial charge on any atom is -0.496 e. The van der Waals surface area contributed by atoms with Gasteiger partial charge >= 0.3 is 0 Å². The molecule has 0 spiro atoms. The topological polar surface area (TPSA) is 84.8 Å². The van der Waals surface area contributed by atoms with Crippen molar-refractivity contribution in [2.24, 2.45) is 13.0 Å². The maximum atomic E-state index is 12.0. The molecule has 1 aliphatic heterocycles. The molecule has 5 rings (SSSR count). The van der Waals surface area contributed by atoms with Crippen LogP contribution >= 0.6 is 0 Å². The van der Waals surface area contributed by atoms with E-state index in [0.717, 1.165) is 35.0 Å². The number of amides is 1. The number of carbonyl (C=O) groups is 1. The molecule has 4 heterocycles. The first-order chi connectivity index (χ1) is 16.4. The molecule has 2 fully saturated rings. The first-order valence-corrected chi connectivity index (χ1v) is 11.6. The third-order valence-corrected chi connectivity index (χ3v) is 6.40. The smallest absolute Gasteiger partial charge is 0.228 e. The lowest BCUT2D eigenvalue weighted by Gasteiger charge is -2.28. The number of likely N-dealkylation sites (N-methyl/N-ethyl adjacent to an activating group) is 2. The average Bonchev–Trinajstić information content (AvgIpc) is 3.65. The van der Waals surface area contributed by atoms with Crippen molar-refractivity contribution >= 4 is 22.6 Å². The van der Waals surface area contributed by atoms with Crippen LogP contribution in [0.4, 0.5) is 5.82 Å². The van der Waals surface area contributed by atoms with Gasteiger partial charge in [0, 0.05) is 50.7 Å². The largest absolute Gasteiger partial charge is 0.496 e. The predicted octanol–water partition coefficient (Wildman–Crippen LogP) is 2.86. The fraction of sp³-hybridized carbons (Fsp3) is 0.480. The molecule has 0 aromatic carbocycles. The van der Waals surface area contributed by atoms with E-state index in [2.05, 4.69) is 39.2 Å². The van der Waals surface area contributed by atoms with Crippen LogP contribution in [0.5, 0.6) is 11.6 Å². The number of aromatic nitrogens is 3. The highest BCUT2D eigenvalue weighted by atomic mass is 16.5. The van der Waals surface area contributed by atoms with E-state index < -0.39 is 0 Å². The SMILES string of the molecule is CN1CCN(C)CC1.COc1ccnc(OC)c1-c1cc2cc(NC(=O)C3CC3)ncc2n1C.